The zero-order valence-electron chi connectivity index (χ0n) is 68.5. The molecule has 121 heavy (non-hydrogen) atoms. The Kier molecular flexibility index (Phi) is 29.9. The van der Waals surface area contributed by atoms with E-state index in [4.69, 9.17) is 60.6 Å². The standard InChI is InChI=1S/2C23H23ClN2O4S.C22H20ClFN2O3S.C21H22ClN3O3S/c1-23(2,3)16-7-11-19(12-8-16)31(28,29)26-20-13-17(24)14-25-21(20)22(27)15-5-9-18(30-4)10-6-15;1-23(2,3)16-8-10-19(11-9-16)31(28,29)26-20-13-17(24)14-25-21(20)22(27)15-6-5-7-18(12-15)30-4;1-22(2,3)15-6-10-18(11-7-15)30(28,29)26-19-12-16(23)13-25-20(19)21(27)14-4-8-17(24)9-5-14;1-14-19(6-5-11-23-14)28-20-18(12-16(22)13-24-20)25-29(26,27)17-9-7-15(8-10-17)21(2,3)4/h2*5-14,26H,1-4H3;4-13,26H,1-3H3;5-13,25H,1-4H3. The molecule has 0 aliphatic carbocycles. The Morgan fingerprint density at radius 1 is 0.347 bits per heavy atom. The van der Waals surface area contributed by atoms with Crippen molar-refractivity contribution in [1.82, 2.24) is 24.9 Å². The number of halogens is 5. The number of ether oxygens (including phenoxy) is 3. The molecule has 7 aromatic carbocycles. The summed E-state index contributed by atoms with van der Waals surface area (Å²) in [5.41, 5.74) is 4.92. The molecule has 0 aliphatic heterocycles. The summed E-state index contributed by atoms with van der Waals surface area (Å²) in [4.78, 5) is 59.6. The smallest absolute Gasteiger partial charge is 0.262 e. The molecule has 0 unspecified atom stereocenters. The number of rotatable bonds is 22. The van der Waals surface area contributed by atoms with Crippen LogP contribution in [0.1, 0.15) is 159 Å². The topological polar surface area (TPSA) is 328 Å². The minimum Gasteiger partial charge on any atom is -0.497 e. The molecule has 23 nitrogen and oxygen atoms in total. The highest BCUT2D eigenvalue weighted by Crippen LogP contribution is 2.36. The largest absolute Gasteiger partial charge is 0.497 e. The first-order valence-corrected chi connectivity index (χ1v) is 44.4. The zero-order valence-corrected chi connectivity index (χ0v) is 74.8. The molecule has 0 fully saturated rings. The zero-order chi connectivity index (χ0) is 89.0. The third-order valence-corrected chi connectivity index (χ3v) is 24.4. The van der Waals surface area contributed by atoms with Crippen LogP contribution in [0.3, 0.4) is 0 Å². The number of carbonyl (C=O) groups excluding carboxylic acids is 3. The first kappa shape index (κ1) is 93.7. The third kappa shape index (κ3) is 25.2. The summed E-state index contributed by atoms with van der Waals surface area (Å²) in [6, 6.07) is 53.3. The van der Waals surface area contributed by atoms with Gasteiger partial charge in [0.05, 0.1) is 76.6 Å². The number of ketones is 3. The first-order chi connectivity index (χ1) is 56.5. The van der Waals surface area contributed by atoms with Crippen LogP contribution in [0.15, 0.2) is 257 Å². The average Bonchev–Trinajstić information content (AvgIpc) is 0.793. The summed E-state index contributed by atoms with van der Waals surface area (Å²) in [7, 11) is -12.8. The number of hydrogen-bond acceptors (Lipinski definition) is 19. The van der Waals surface area contributed by atoms with Gasteiger partial charge in [-0.25, -0.2) is 58.0 Å². The number of nitrogens with one attached hydrogen (secondary N) is 4. The minimum absolute atomic E-state index is 0.000202. The number of pyridine rings is 5. The molecule has 12 aromatic rings. The third-order valence-electron chi connectivity index (χ3n) is 18.1. The molecule has 32 heteroatoms. The lowest BCUT2D eigenvalue weighted by atomic mass is 9.87. The second kappa shape index (κ2) is 38.7. The molecule has 0 radical (unpaired) electrons. The van der Waals surface area contributed by atoms with Crippen LogP contribution in [0.5, 0.6) is 23.1 Å². The number of aromatic nitrogens is 5. The van der Waals surface area contributed by atoms with Gasteiger partial charge in [-0.2, -0.15) is 0 Å². The van der Waals surface area contributed by atoms with Crippen LogP contribution in [-0.4, -0.2) is 90.2 Å². The van der Waals surface area contributed by atoms with Crippen molar-refractivity contribution in [3.05, 3.63) is 325 Å². The Hall–Kier alpha value is -11.2. The van der Waals surface area contributed by atoms with E-state index in [0.29, 0.717) is 34.1 Å². The number of aryl methyl sites for hydroxylation is 1. The predicted octanol–water partition coefficient (Wildman–Crippen LogP) is 20.7. The highest BCUT2D eigenvalue weighted by atomic mass is 35.5. The summed E-state index contributed by atoms with van der Waals surface area (Å²) in [6.07, 6.45) is 6.87. The maximum atomic E-state index is 13.2. The SMILES string of the molecule is CC(C)(C)c1ccc(S(=O)(=O)Nc2cc(Cl)cnc2C(=O)c2ccc(F)cc2)cc1.COc1ccc(C(=O)c2ncc(Cl)cc2NS(=O)(=O)c2ccc(C(C)(C)C)cc2)cc1.COc1cccc(C(=O)c2ncc(Cl)cc2NS(=O)(=O)c2ccc(C(C)(C)C)cc2)c1.Cc1ncccc1Oc1ncc(Cl)cc1NS(=O)(=O)c1ccc(C(C)(C)C)cc1. The van der Waals surface area contributed by atoms with Gasteiger partial charge in [0.25, 0.3) is 40.1 Å². The maximum Gasteiger partial charge on any atom is 0.262 e. The molecule has 4 N–H and O–H groups in total. The number of nitrogens with zero attached hydrogens (tertiary/aromatic N) is 5. The molecule has 0 saturated heterocycles. The Labute approximate surface area is 725 Å². The Bertz CT molecular complexity index is 6260. The van der Waals surface area contributed by atoms with Gasteiger partial charge >= 0.3 is 0 Å². The lowest BCUT2D eigenvalue weighted by Crippen LogP contribution is -2.17. The van der Waals surface area contributed by atoms with E-state index < -0.39 is 63.3 Å². The molecule has 0 atom stereocenters. The summed E-state index contributed by atoms with van der Waals surface area (Å²) in [6.45, 7) is 26.3. The maximum absolute atomic E-state index is 13.2. The van der Waals surface area contributed by atoms with Crippen molar-refractivity contribution in [3.8, 4) is 23.1 Å². The van der Waals surface area contributed by atoms with E-state index in [0.717, 1.165) is 34.4 Å². The van der Waals surface area contributed by atoms with Gasteiger partial charge in [0.2, 0.25) is 23.2 Å². The van der Waals surface area contributed by atoms with Gasteiger partial charge < -0.3 is 14.2 Å². The molecular formula is C89H88Cl4FN9O14S4. The number of methoxy groups -OCH3 is 2. The van der Waals surface area contributed by atoms with E-state index >= 15 is 0 Å². The van der Waals surface area contributed by atoms with Gasteiger partial charge in [-0.3, -0.25) is 38.3 Å². The van der Waals surface area contributed by atoms with Gasteiger partial charge in [0, 0.05) is 47.7 Å². The Morgan fingerprint density at radius 3 is 0.975 bits per heavy atom. The van der Waals surface area contributed by atoms with Gasteiger partial charge in [0.1, 0.15) is 40.1 Å². The Morgan fingerprint density at radius 2 is 0.653 bits per heavy atom. The van der Waals surface area contributed by atoms with E-state index in [-0.39, 0.29) is 113 Å². The van der Waals surface area contributed by atoms with E-state index in [1.165, 1.54) is 112 Å². The monoisotopic (exact) mass is 1790 g/mol. The van der Waals surface area contributed by atoms with E-state index in [9.17, 15) is 52.4 Å². The number of carbonyl (C=O) groups is 3. The summed E-state index contributed by atoms with van der Waals surface area (Å²) >= 11 is 24.1. The highest BCUT2D eigenvalue weighted by Gasteiger charge is 2.29. The summed E-state index contributed by atoms with van der Waals surface area (Å²) < 4.78 is 142. The van der Waals surface area contributed by atoms with Crippen LogP contribution in [0, 0.1) is 12.7 Å². The molecule has 5 aromatic heterocycles. The number of anilines is 4. The molecule has 0 saturated carbocycles. The average molecular weight is 1800 g/mol. The lowest BCUT2D eigenvalue weighted by molar-refractivity contribution is 0.102. The van der Waals surface area contributed by atoms with Crippen LogP contribution in [-0.2, 0) is 61.8 Å². The molecule has 5 heterocycles. The minimum atomic E-state index is -4.00. The van der Waals surface area contributed by atoms with Crippen LogP contribution in [0.2, 0.25) is 20.1 Å². The molecule has 0 bridgehead atoms. The van der Waals surface area contributed by atoms with Gasteiger partial charge in [-0.05, 0) is 196 Å². The summed E-state index contributed by atoms with van der Waals surface area (Å²) in [5, 5.41) is 0.836. The van der Waals surface area contributed by atoms with Crippen molar-refractivity contribution in [2.45, 2.75) is 131 Å². The number of hydrogen-bond donors (Lipinski definition) is 4. The fraction of sp³-hybridized carbons (Fsp3) is 0.213. The second-order valence-electron chi connectivity index (χ2n) is 31.3. The van der Waals surface area contributed by atoms with Crippen molar-refractivity contribution in [1.29, 1.82) is 0 Å². The van der Waals surface area contributed by atoms with Crippen LogP contribution < -0.4 is 33.1 Å². The molecule has 12 rings (SSSR count). The second-order valence-corrected chi connectivity index (χ2v) is 39.8. The lowest BCUT2D eigenvalue weighted by Gasteiger charge is -2.19. The van der Waals surface area contributed by atoms with Crippen LogP contribution in [0.4, 0.5) is 27.1 Å². The molecule has 632 valence electrons. The van der Waals surface area contributed by atoms with Crippen molar-refractivity contribution in [3.63, 3.8) is 0 Å². The highest BCUT2D eigenvalue weighted by molar-refractivity contribution is 7.93. The fourth-order valence-corrected chi connectivity index (χ4v) is 16.1. The van der Waals surface area contributed by atoms with Crippen molar-refractivity contribution in [2.75, 3.05) is 33.1 Å². The predicted molar refractivity (Wildman–Crippen MR) is 473 cm³/mol. The van der Waals surface area contributed by atoms with Crippen molar-refractivity contribution < 1.29 is 66.7 Å². The van der Waals surface area contributed by atoms with Crippen LogP contribution >= 0.6 is 46.4 Å². The normalized spacial score (nSPS) is 11.8. The first-order valence-electron chi connectivity index (χ1n) is 37.0. The number of sulfonamides is 4. The van der Waals surface area contributed by atoms with Gasteiger partial charge in [-0.1, -0.05) is 190 Å². The number of benzene rings is 7. The van der Waals surface area contributed by atoms with Crippen LogP contribution in [0.25, 0.3) is 0 Å². The van der Waals surface area contributed by atoms with E-state index in [2.05, 4.69) is 64.6 Å². The molecule has 0 spiro atoms. The molecule has 0 amide bonds. The van der Waals surface area contributed by atoms with Crippen molar-refractivity contribution in [2.24, 2.45) is 0 Å². The van der Waals surface area contributed by atoms with Gasteiger partial charge in [0.15, 0.2) is 5.75 Å². The molecular weight excluding hydrogens is 1710 g/mol. The van der Waals surface area contributed by atoms with Gasteiger partial charge in [-0.15, -0.1) is 0 Å². The quantitative estimate of drug-likeness (QED) is 0.0458. The summed E-state index contributed by atoms with van der Waals surface area (Å²) in [5.74, 6) is -0.307. The van der Waals surface area contributed by atoms with Crippen molar-refractivity contribution >= 4 is 127 Å². The Balaban J connectivity index is 0.000000183. The fourth-order valence-electron chi connectivity index (χ4n) is 11.2. The molecule has 0 aliphatic rings. The van der Waals surface area contributed by atoms with E-state index in [1.807, 2.05) is 62.3 Å². The van der Waals surface area contributed by atoms with E-state index in [1.54, 1.807) is 134 Å².